The van der Waals surface area contributed by atoms with Gasteiger partial charge in [0.2, 0.25) is 0 Å². The molecule has 0 bridgehead atoms. The predicted octanol–water partition coefficient (Wildman–Crippen LogP) is 3.76. The summed E-state index contributed by atoms with van der Waals surface area (Å²) in [6.45, 7) is 5.19. The topological polar surface area (TPSA) is 36.4 Å². The second kappa shape index (κ2) is 6.23. The maximum atomic E-state index is 9.34. The monoisotopic (exact) mass is 256 g/mol. The zero-order valence-corrected chi connectivity index (χ0v) is 11.5. The lowest BCUT2D eigenvalue weighted by atomic mass is 10.0. The number of hydrogen-bond donors (Lipinski definition) is 1. The number of aromatic hydroxyl groups is 1. The van der Waals surface area contributed by atoms with Gasteiger partial charge in [0.15, 0.2) is 0 Å². The molecule has 3 nitrogen and oxygen atoms in total. The molecule has 1 aromatic carbocycles. The molecule has 1 atom stereocenters. The summed E-state index contributed by atoms with van der Waals surface area (Å²) in [6, 6.07) is 14.3. The molecule has 0 radical (unpaired) electrons. The molecule has 0 aliphatic carbocycles. The number of aromatic nitrogens is 1. The summed E-state index contributed by atoms with van der Waals surface area (Å²) in [6.07, 6.45) is 2.51. The molecule has 1 heterocycles. The van der Waals surface area contributed by atoms with Crippen molar-refractivity contribution < 1.29 is 5.11 Å². The first kappa shape index (κ1) is 13.4. The Morgan fingerprint density at radius 2 is 1.84 bits per heavy atom. The molecule has 2 aromatic rings. The minimum absolute atomic E-state index is 0.201. The first-order valence-corrected chi connectivity index (χ1v) is 6.72. The van der Waals surface area contributed by atoms with Crippen molar-refractivity contribution in [1.29, 1.82) is 0 Å². The second-order valence-corrected chi connectivity index (χ2v) is 4.50. The van der Waals surface area contributed by atoms with Gasteiger partial charge in [-0.3, -0.25) is 0 Å². The van der Waals surface area contributed by atoms with Crippen molar-refractivity contribution in [3.8, 4) is 5.75 Å². The van der Waals surface area contributed by atoms with Gasteiger partial charge in [-0.1, -0.05) is 37.3 Å². The maximum absolute atomic E-state index is 9.34. The minimum Gasteiger partial charge on any atom is -0.506 e. The van der Waals surface area contributed by atoms with Crippen LogP contribution in [0.5, 0.6) is 5.75 Å². The largest absolute Gasteiger partial charge is 0.506 e. The Hall–Kier alpha value is -2.03. The van der Waals surface area contributed by atoms with E-state index in [-0.39, 0.29) is 5.75 Å². The predicted molar refractivity (Wildman–Crippen MR) is 78.4 cm³/mol. The number of benzene rings is 1. The molecule has 19 heavy (non-hydrogen) atoms. The van der Waals surface area contributed by atoms with E-state index in [9.17, 15) is 5.11 Å². The highest BCUT2D eigenvalue weighted by Gasteiger charge is 2.18. The Kier molecular flexibility index (Phi) is 4.39. The molecule has 2 rings (SSSR count). The van der Waals surface area contributed by atoms with Gasteiger partial charge >= 0.3 is 0 Å². The third kappa shape index (κ3) is 3.05. The number of pyridine rings is 1. The Labute approximate surface area is 114 Å². The highest BCUT2D eigenvalue weighted by atomic mass is 16.3. The molecule has 0 saturated heterocycles. The van der Waals surface area contributed by atoms with Crippen LogP contribution in [0.3, 0.4) is 0 Å². The lowest BCUT2D eigenvalue weighted by Crippen LogP contribution is -2.28. The summed E-state index contributed by atoms with van der Waals surface area (Å²) in [7, 11) is 0. The first-order valence-electron chi connectivity index (χ1n) is 6.72. The molecule has 0 aliphatic rings. The number of rotatable bonds is 5. The summed E-state index contributed by atoms with van der Waals surface area (Å²) in [5.41, 5.74) is 1.29. The second-order valence-electron chi connectivity index (χ2n) is 4.50. The van der Waals surface area contributed by atoms with Crippen molar-refractivity contribution in [3.63, 3.8) is 0 Å². The van der Waals surface area contributed by atoms with Crippen molar-refractivity contribution in [2.24, 2.45) is 0 Å². The van der Waals surface area contributed by atoms with E-state index < -0.39 is 0 Å². The molecular formula is C16H20N2O. The molecule has 3 heteroatoms. The highest BCUT2D eigenvalue weighted by molar-refractivity contribution is 5.43. The Morgan fingerprint density at radius 3 is 2.37 bits per heavy atom. The van der Waals surface area contributed by atoms with Crippen molar-refractivity contribution in [2.45, 2.75) is 26.3 Å². The number of nitrogens with zero attached hydrogens (tertiary/aromatic N) is 2. The zero-order chi connectivity index (χ0) is 13.7. The van der Waals surface area contributed by atoms with E-state index in [2.05, 4.69) is 48.0 Å². The Morgan fingerprint density at radius 1 is 1.11 bits per heavy atom. The number of anilines is 1. The fraction of sp³-hybridized carbons (Fsp3) is 0.312. The SMILES string of the molecule is CCC(c1ccccc1)N(CC)c1ccc(O)cn1. The zero-order valence-electron chi connectivity index (χ0n) is 11.5. The van der Waals surface area contributed by atoms with Crippen LogP contribution in [0.4, 0.5) is 5.82 Å². The van der Waals surface area contributed by atoms with Crippen LogP contribution in [0.25, 0.3) is 0 Å². The van der Waals surface area contributed by atoms with Gasteiger partial charge in [0.1, 0.15) is 11.6 Å². The van der Waals surface area contributed by atoms with Crippen LogP contribution >= 0.6 is 0 Å². The molecule has 1 aromatic heterocycles. The Balaban J connectivity index is 2.31. The van der Waals surface area contributed by atoms with Gasteiger partial charge in [-0.2, -0.15) is 0 Å². The van der Waals surface area contributed by atoms with Crippen LogP contribution in [0, 0.1) is 0 Å². The van der Waals surface area contributed by atoms with E-state index in [4.69, 9.17) is 0 Å². The van der Waals surface area contributed by atoms with E-state index in [1.54, 1.807) is 6.07 Å². The van der Waals surface area contributed by atoms with Crippen LogP contribution in [-0.4, -0.2) is 16.6 Å². The molecule has 0 aliphatic heterocycles. The molecule has 0 fully saturated rings. The van der Waals surface area contributed by atoms with E-state index >= 15 is 0 Å². The van der Waals surface area contributed by atoms with E-state index in [0.29, 0.717) is 6.04 Å². The Bertz CT molecular complexity index is 496. The van der Waals surface area contributed by atoms with Crippen molar-refractivity contribution in [2.75, 3.05) is 11.4 Å². The number of hydrogen-bond acceptors (Lipinski definition) is 3. The molecule has 1 N–H and O–H groups in total. The quantitative estimate of drug-likeness (QED) is 0.884. The molecule has 0 saturated carbocycles. The third-order valence-corrected chi connectivity index (χ3v) is 3.31. The summed E-state index contributed by atoms with van der Waals surface area (Å²) < 4.78 is 0. The fourth-order valence-electron chi connectivity index (χ4n) is 2.40. The van der Waals surface area contributed by atoms with Gasteiger partial charge in [-0.15, -0.1) is 0 Å². The molecule has 1 unspecified atom stereocenters. The fourth-order valence-corrected chi connectivity index (χ4v) is 2.40. The standard InChI is InChI=1S/C16H20N2O/c1-3-15(13-8-6-5-7-9-13)18(4-2)16-11-10-14(19)12-17-16/h5-12,15,19H,3-4H2,1-2H3. The molecular weight excluding hydrogens is 236 g/mol. The van der Waals surface area contributed by atoms with Gasteiger partial charge in [-0.25, -0.2) is 4.98 Å². The third-order valence-electron chi connectivity index (χ3n) is 3.31. The highest BCUT2D eigenvalue weighted by Crippen LogP contribution is 2.28. The molecule has 100 valence electrons. The first-order chi connectivity index (χ1) is 9.26. The van der Waals surface area contributed by atoms with E-state index in [1.807, 2.05) is 12.1 Å². The summed E-state index contributed by atoms with van der Waals surface area (Å²) >= 11 is 0. The smallest absolute Gasteiger partial charge is 0.134 e. The van der Waals surface area contributed by atoms with Crippen LogP contribution in [0.2, 0.25) is 0 Å². The van der Waals surface area contributed by atoms with Gasteiger partial charge in [0.05, 0.1) is 12.2 Å². The van der Waals surface area contributed by atoms with E-state index in [0.717, 1.165) is 18.8 Å². The maximum Gasteiger partial charge on any atom is 0.134 e. The lowest BCUT2D eigenvalue weighted by Gasteiger charge is -2.31. The van der Waals surface area contributed by atoms with Crippen molar-refractivity contribution in [3.05, 3.63) is 54.2 Å². The molecule has 0 spiro atoms. The minimum atomic E-state index is 0.201. The van der Waals surface area contributed by atoms with E-state index in [1.165, 1.54) is 11.8 Å². The van der Waals surface area contributed by atoms with Crippen LogP contribution < -0.4 is 4.90 Å². The molecule has 0 amide bonds. The lowest BCUT2D eigenvalue weighted by molar-refractivity contribution is 0.472. The average Bonchev–Trinajstić information content (AvgIpc) is 2.47. The van der Waals surface area contributed by atoms with Crippen LogP contribution in [-0.2, 0) is 0 Å². The van der Waals surface area contributed by atoms with Gasteiger partial charge < -0.3 is 10.0 Å². The summed E-state index contributed by atoms with van der Waals surface area (Å²) in [4.78, 5) is 6.58. The normalized spacial score (nSPS) is 12.1. The summed E-state index contributed by atoms with van der Waals surface area (Å²) in [5, 5.41) is 9.34. The van der Waals surface area contributed by atoms with Crippen LogP contribution in [0.15, 0.2) is 48.7 Å². The van der Waals surface area contributed by atoms with Crippen molar-refractivity contribution >= 4 is 5.82 Å². The van der Waals surface area contributed by atoms with Crippen molar-refractivity contribution in [1.82, 2.24) is 4.98 Å². The van der Waals surface area contributed by atoms with Gasteiger partial charge in [0.25, 0.3) is 0 Å². The van der Waals surface area contributed by atoms with Gasteiger partial charge in [-0.05, 0) is 31.0 Å². The van der Waals surface area contributed by atoms with Gasteiger partial charge in [0, 0.05) is 6.54 Å². The average molecular weight is 256 g/mol. The summed E-state index contributed by atoms with van der Waals surface area (Å²) in [5.74, 6) is 1.10. The van der Waals surface area contributed by atoms with Crippen LogP contribution in [0.1, 0.15) is 31.9 Å².